The summed E-state index contributed by atoms with van der Waals surface area (Å²) in [5.41, 5.74) is 1.61. The largest absolute Gasteiger partial charge is 0.370 e. The van der Waals surface area contributed by atoms with Crippen LogP contribution >= 0.6 is 0 Å². The Kier molecular flexibility index (Phi) is 4.51. The van der Waals surface area contributed by atoms with Crippen LogP contribution in [0.15, 0.2) is 23.9 Å². The quantitative estimate of drug-likeness (QED) is 0.834. The van der Waals surface area contributed by atoms with Gasteiger partial charge in [0.25, 0.3) is 0 Å². The highest BCUT2D eigenvalue weighted by Crippen LogP contribution is 2.20. The fraction of sp³-hybridized carbons (Fsp3) is 0.625. The molecular weight excluding hydrogens is 248 g/mol. The zero-order chi connectivity index (χ0) is 13.6. The van der Waals surface area contributed by atoms with E-state index in [1.807, 2.05) is 12.3 Å². The van der Waals surface area contributed by atoms with Crippen LogP contribution in [0.3, 0.4) is 0 Å². The Bertz CT molecular complexity index is 463. The maximum Gasteiger partial charge on any atom is 0.227 e. The van der Waals surface area contributed by atoms with Crippen molar-refractivity contribution in [3.05, 3.63) is 23.9 Å². The minimum Gasteiger partial charge on any atom is -0.370 e. The number of rotatable bonds is 5. The molecule has 1 aliphatic heterocycles. The molecule has 1 aromatic heterocycles. The molecule has 0 atom stereocenters. The van der Waals surface area contributed by atoms with E-state index in [1.54, 1.807) is 5.57 Å². The first-order valence-electron chi connectivity index (χ1n) is 7.91. The summed E-state index contributed by atoms with van der Waals surface area (Å²) < 4.78 is 0. The van der Waals surface area contributed by atoms with Crippen molar-refractivity contribution in [1.82, 2.24) is 9.97 Å². The second kappa shape index (κ2) is 6.73. The average Bonchev–Trinajstić information content (AvgIpc) is 3.03. The SMILES string of the molecule is C1=C(CCNc2ccnc(N3CCCC3)n2)CCCC1. The topological polar surface area (TPSA) is 41.1 Å². The van der Waals surface area contributed by atoms with Crippen LogP contribution in [0, 0.1) is 0 Å². The second-order valence-corrected chi connectivity index (χ2v) is 5.72. The predicted molar refractivity (Wildman–Crippen MR) is 83.1 cm³/mol. The van der Waals surface area contributed by atoms with E-state index in [4.69, 9.17) is 0 Å². The van der Waals surface area contributed by atoms with Crippen molar-refractivity contribution >= 4 is 11.8 Å². The third kappa shape index (κ3) is 3.50. The molecule has 1 N–H and O–H groups in total. The molecule has 0 spiro atoms. The van der Waals surface area contributed by atoms with Crippen LogP contribution in [0.5, 0.6) is 0 Å². The van der Waals surface area contributed by atoms with E-state index >= 15 is 0 Å². The summed E-state index contributed by atoms with van der Waals surface area (Å²) in [5, 5.41) is 3.44. The Balaban J connectivity index is 1.52. The number of aromatic nitrogens is 2. The lowest BCUT2D eigenvalue weighted by Crippen LogP contribution is -2.20. The molecule has 2 heterocycles. The summed E-state index contributed by atoms with van der Waals surface area (Å²) in [6, 6.07) is 1.97. The van der Waals surface area contributed by atoms with Crippen molar-refractivity contribution in [2.75, 3.05) is 29.9 Å². The summed E-state index contributed by atoms with van der Waals surface area (Å²) in [7, 11) is 0. The minimum absolute atomic E-state index is 0.879. The molecule has 0 bridgehead atoms. The molecule has 2 aliphatic rings. The molecule has 4 heteroatoms. The highest BCUT2D eigenvalue weighted by atomic mass is 15.3. The Labute approximate surface area is 121 Å². The van der Waals surface area contributed by atoms with Gasteiger partial charge in [0.1, 0.15) is 5.82 Å². The Morgan fingerprint density at radius 3 is 2.85 bits per heavy atom. The van der Waals surface area contributed by atoms with Crippen molar-refractivity contribution in [3.63, 3.8) is 0 Å². The molecule has 3 rings (SSSR count). The third-order valence-corrected chi connectivity index (χ3v) is 4.17. The standard InChI is InChI=1S/C16H24N4/c1-2-6-14(7-3-1)8-10-17-15-9-11-18-16(19-15)20-12-4-5-13-20/h6,9,11H,1-5,7-8,10,12-13H2,(H,17,18,19). The smallest absolute Gasteiger partial charge is 0.227 e. The number of anilines is 2. The number of hydrogen-bond donors (Lipinski definition) is 1. The normalized spacial score (nSPS) is 19.0. The van der Waals surface area contributed by atoms with Gasteiger partial charge in [-0.3, -0.25) is 0 Å². The van der Waals surface area contributed by atoms with E-state index in [2.05, 4.69) is 26.3 Å². The van der Waals surface area contributed by atoms with Crippen molar-refractivity contribution < 1.29 is 0 Å². The maximum absolute atomic E-state index is 4.62. The van der Waals surface area contributed by atoms with Crippen LogP contribution in [-0.2, 0) is 0 Å². The number of allylic oxidation sites excluding steroid dienone is 1. The van der Waals surface area contributed by atoms with Gasteiger partial charge in [-0.1, -0.05) is 11.6 Å². The zero-order valence-corrected chi connectivity index (χ0v) is 12.1. The predicted octanol–water partition coefficient (Wildman–Crippen LogP) is 3.38. The van der Waals surface area contributed by atoms with Gasteiger partial charge in [0.05, 0.1) is 0 Å². The molecule has 1 fully saturated rings. The molecule has 0 saturated carbocycles. The maximum atomic E-state index is 4.62. The van der Waals surface area contributed by atoms with Crippen molar-refractivity contribution in [1.29, 1.82) is 0 Å². The lowest BCUT2D eigenvalue weighted by molar-refractivity contribution is 0.679. The van der Waals surface area contributed by atoms with E-state index in [-0.39, 0.29) is 0 Å². The van der Waals surface area contributed by atoms with Crippen LogP contribution in [0.2, 0.25) is 0 Å². The van der Waals surface area contributed by atoms with Gasteiger partial charge in [-0.2, -0.15) is 4.98 Å². The molecule has 0 radical (unpaired) electrons. The molecule has 108 valence electrons. The fourth-order valence-electron chi connectivity index (χ4n) is 3.00. The summed E-state index contributed by atoms with van der Waals surface area (Å²) in [5.74, 6) is 1.84. The Morgan fingerprint density at radius 1 is 1.15 bits per heavy atom. The second-order valence-electron chi connectivity index (χ2n) is 5.72. The first-order chi connectivity index (χ1) is 9.92. The number of nitrogens with zero attached hydrogens (tertiary/aromatic N) is 3. The van der Waals surface area contributed by atoms with Crippen molar-refractivity contribution in [2.45, 2.75) is 44.9 Å². The molecule has 20 heavy (non-hydrogen) atoms. The molecule has 0 amide bonds. The minimum atomic E-state index is 0.879. The summed E-state index contributed by atoms with van der Waals surface area (Å²) in [4.78, 5) is 11.3. The lowest BCUT2D eigenvalue weighted by Gasteiger charge is -2.16. The van der Waals surface area contributed by atoms with Crippen LogP contribution < -0.4 is 10.2 Å². The van der Waals surface area contributed by atoms with Gasteiger partial charge in [0.15, 0.2) is 0 Å². The van der Waals surface area contributed by atoms with Gasteiger partial charge >= 0.3 is 0 Å². The molecule has 0 unspecified atom stereocenters. The van der Waals surface area contributed by atoms with E-state index in [1.165, 1.54) is 38.5 Å². The molecule has 1 aromatic rings. The molecular formula is C16H24N4. The fourth-order valence-corrected chi connectivity index (χ4v) is 3.00. The first kappa shape index (κ1) is 13.4. The van der Waals surface area contributed by atoms with Gasteiger partial charge in [-0.05, 0) is 51.0 Å². The highest BCUT2D eigenvalue weighted by Gasteiger charge is 2.14. The molecule has 1 saturated heterocycles. The van der Waals surface area contributed by atoms with Crippen LogP contribution in [0.1, 0.15) is 44.9 Å². The van der Waals surface area contributed by atoms with Crippen molar-refractivity contribution in [3.8, 4) is 0 Å². The zero-order valence-electron chi connectivity index (χ0n) is 12.1. The van der Waals surface area contributed by atoms with Gasteiger partial charge in [-0.15, -0.1) is 0 Å². The van der Waals surface area contributed by atoms with E-state index < -0.39 is 0 Å². The van der Waals surface area contributed by atoms with Crippen LogP contribution in [0.25, 0.3) is 0 Å². The number of nitrogens with one attached hydrogen (secondary N) is 1. The molecule has 4 nitrogen and oxygen atoms in total. The molecule has 1 aliphatic carbocycles. The highest BCUT2D eigenvalue weighted by molar-refractivity contribution is 5.41. The van der Waals surface area contributed by atoms with E-state index in [0.717, 1.165) is 37.8 Å². The summed E-state index contributed by atoms with van der Waals surface area (Å²) >= 11 is 0. The summed E-state index contributed by atoms with van der Waals surface area (Å²) in [6.45, 7) is 3.16. The number of hydrogen-bond acceptors (Lipinski definition) is 4. The summed E-state index contributed by atoms with van der Waals surface area (Å²) in [6.07, 6.45) is 13.2. The monoisotopic (exact) mass is 272 g/mol. The Morgan fingerprint density at radius 2 is 2.05 bits per heavy atom. The van der Waals surface area contributed by atoms with Crippen LogP contribution in [0.4, 0.5) is 11.8 Å². The Hall–Kier alpha value is -1.58. The van der Waals surface area contributed by atoms with Gasteiger partial charge < -0.3 is 10.2 Å². The van der Waals surface area contributed by atoms with E-state index in [0.29, 0.717) is 0 Å². The van der Waals surface area contributed by atoms with E-state index in [9.17, 15) is 0 Å². The average molecular weight is 272 g/mol. The first-order valence-corrected chi connectivity index (χ1v) is 7.91. The third-order valence-electron chi connectivity index (χ3n) is 4.17. The van der Waals surface area contributed by atoms with Gasteiger partial charge in [-0.25, -0.2) is 4.98 Å². The van der Waals surface area contributed by atoms with Crippen LogP contribution in [-0.4, -0.2) is 29.6 Å². The van der Waals surface area contributed by atoms with Gasteiger partial charge in [0.2, 0.25) is 5.95 Å². The molecule has 0 aromatic carbocycles. The van der Waals surface area contributed by atoms with Crippen molar-refractivity contribution in [2.24, 2.45) is 0 Å². The van der Waals surface area contributed by atoms with Gasteiger partial charge in [0, 0.05) is 25.8 Å². The lowest BCUT2D eigenvalue weighted by atomic mass is 9.97.